The van der Waals surface area contributed by atoms with E-state index in [9.17, 15) is 4.79 Å². The molecule has 2 N–H and O–H groups in total. The van der Waals surface area contributed by atoms with Crippen molar-refractivity contribution in [1.29, 1.82) is 0 Å². The maximum Gasteiger partial charge on any atom is 0.266 e. The number of nitrogens with two attached hydrogens (primary N) is 1. The second kappa shape index (κ2) is 6.02. The summed E-state index contributed by atoms with van der Waals surface area (Å²) in [7, 11) is 0. The van der Waals surface area contributed by atoms with Crippen LogP contribution in [0.5, 0.6) is 0 Å². The summed E-state index contributed by atoms with van der Waals surface area (Å²) in [5, 5.41) is 0.897. The van der Waals surface area contributed by atoms with E-state index in [-0.39, 0.29) is 5.91 Å². The first-order valence-electron chi connectivity index (χ1n) is 7.66. The molecule has 0 saturated carbocycles. The standard InChI is InChI=1S/C16H21N3OS/c1-2-11-7-4-3-5-10-19(11)16(20)14-13(17)12-8-6-9-18-15(12)21-14/h6,8-9,11H,2-5,7,10,17H2,1H3. The van der Waals surface area contributed by atoms with Crippen LogP contribution >= 0.6 is 11.3 Å². The number of fused-ring (bicyclic) bond motifs is 1. The molecule has 0 aromatic carbocycles. The maximum absolute atomic E-state index is 12.9. The van der Waals surface area contributed by atoms with Crippen LogP contribution in [-0.2, 0) is 0 Å². The normalized spacial score (nSPS) is 19.7. The van der Waals surface area contributed by atoms with E-state index in [1.165, 1.54) is 24.2 Å². The van der Waals surface area contributed by atoms with Crippen LogP contribution in [0, 0.1) is 0 Å². The van der Waals surface area contributed by atoms with Gasteiger partial charge < -0.3 is 10.6 Å². The molecule has 0 bridgehead atoms. The largest absolute Gasteiger partial charge is 0.397 e. The second-order valence-electron chi connectivity index (χ2n) is 5.61. The number of rotatable bonds is 2. The Balaban J connectivity index is 1.96. The molecular weight excluding hydrogens is 282 g/mol. The first kappa shape index (κ1) is 14.3. The number of anilines is 1. The second-order valence-corrected chi connectivity index (χ2v) is 6.61. The van der Waals surface area contributed by atoms with Gasteiger partial charge in [0.2, 0.25) is 0 Å². The van der Waals surface area contributed by atoms with Crippen molar-refractivity contribution < 1.29 is 4.79 Å². The molecular formula is C16H21N3OS. The molecule has 0 aliphatic carbocycles. The molecule has 3 rings (SSSR count). The number of pyridine rings is 1. The molecule has 1 aliphatic heterocycles. The number of carbonyl (C=O) groups is 1. The molecule has 0 spiro atoms. The Morgan fingerprint density at radius 3 is 3.10 bits per heavy atom. The monoisotopic (exact) mass is 303 g/mol. The number of hydrogen-bond acceptors (Lipinski definition) is 4. The van der Waals surface area contributed by atoms with Crippen LogP contribution in [0.4, 0.5) is 5.69 Å². The highest BCUT2D eigenvalue weighted by atomic mass is 32.1. The summed E-state index contributed by atoms with van der Waals surface area (Å²) < 4.78 is 0. The summed E-state index contributed by atoms with van der Waals surface area (Å²) >= 11 is 1.42. The first-order chi connectivity index (χ1) is 10.2. The van der Waals surface area contributed by atoms with Gasteiger partial charge in [0.1, 0.15) is 9.71 Å². The molecule has 1 aliphatic rings. The number of amides is 1. The van der Waals surface area contributed by atoms with Crippen molar-refractivity contribution in [3.8, 4) is 0 Å². The van der Waals surface area contributed by atoms with Gasteiger partial charge in [0, 0.05) is 24.2 Å². The number of hydrogen-bond donors (Lipinski definition) is 1. The van der Waals surface area contributed by atoms with Crippen LogP contribution in [0.15, 0.2) is 18.3 Å². The zero-order chi connectivity index (χ0) is 14.8. The molecule has 112 valence electrons. The van der Waals surface area contributed by atoms with Crippen molar-refractivity contribution in [1.82, 2.24) is 9.88 Å². The van der Waals surface area contributed by atoms with E-state index >= 15 is 0 Å². The van der Waals surface area contributed by atoms with Crippen molar-refractivity contribution in [2.75, 3.05) is 12.3 Å². The Morgan fingerprint density at radius 1 is 1.48 bits per heavy atom. The fourth-order valence-electron chi connectivity index (χ4n) is 3.11. The minimum absolute atomic E-state index is 0.0873. The van der Waals surface area contributed by atoms with Gasteiger partial charge in [0.05, 0.1) is 5.69 Å². The van der Waals surface area contributed by atoms with Crippen LogP contribution in [0.1, 0.15) is 48.7 Å². The molecule has 1 atom stereocenters. The highest BCUT2D eigenvalue weighted by Gasteiger charge is 2.28. The Morgan fingerprint density at radius 2 is 2.33 bits per heavy atom. The van der Waals surface area contributed by atoms with Crippen molar-refractivity contribution in [3.63, 3.8) is 0 Å². The SMILES string of the molecule is CCC1CCCCCN1C(=O)c1sc2ncccc2c1N. The summed E-state index contributed by atoms with van der Waals surface area (Å²) in [5.41, 5.74) is 6.79. The van der Waals surface area contributed by atoms with E-state index in [0.29, 0.717) is 16.6 Å². The van der Waals surface area contributed by atoms with Crippen LogP contribution in [0.25, 0.3) is 10.2 Å². The lowest BCUT2D eigenvalue weighted by Crippen LogP contribution is -2.39. The van der Waals surface area contributed by atoms with Crippen molar-refractivity contribution in [3.05, 3.63) is 23.2 Å². The molecule has 4 nitrogen and oxygen atoms in total. The number of thiophene rings is 1. The van der Waals surface area contributed by atoms with E-state index < -0.39 is 0 Å². The first-order valence-corrected chi connectivity index (χ1v) is 8.48. The van der Waals surface area contributed by atoms with Gasteiger partial charge in [0.15, 0.2) is 0 Å². The molecule has 3 heterocycles. The smallest absolute Gasteiger partial charge is 0.266 e. The van der Waals surface area contributed by atoms with Crippen LogP contribution in [0.3, 0.4) is 0 Å². The van der Waals surface area contributed by atoms with E-state index in [1.807, 2.05) is 17.0 Å². The molecule has 5 heteroatoms. The van der Waals surface area contributed by atoms with Crippen molar-refractivity contribution in [2.24, 2.45) is 0 Å². The third-order valence-electron chi connectivity index (χ3n) is 4.31. The Bertz CT molecular complexity index is 652. The van der Waals surface area contributed by atoms with Crippen LogP contribution in [0.2, 0.25) is 0 Å². The lowest BCUT2D eigenvalue weighted by Gasteiger charge is -2.29. The lowest BCUT2D eigenvalue weighted by atomic mass is 10.1. The summed E-state index contributed by atoms with van der Waals surface area (Å²) in [6.07, 6.45) is 7.37. The van der Waals surface area contributed by atoms with Gasteiger partial charge in [-0.3, -0.25) is 4.79 Å². The summed E-state index contributed by atoms with van der Waals surface area (Å²) in [6, 6.07) is 4.14. The van der Waals surface area contributed by atoms with Crippen LogP contribution in [-0.4, -0.2) is 28.4 Å². The summed E-state index contributed by atoms with van der Waals surface area (Å²) in [5.74, 6) is 0.0873. The quantitative estimate of drug-likeness (QED) is 0.920. The zero-order valence-corrected chi connectivity index (χ0v) is 13.2. The third-order valence-corrected chi connectivity index (χ3v) is 5.43. The molecule has 2 aromatic rings. The van der Waals surface area contributed by atoms with Gasteiger partial charge >= 0.3 is 0 Å². The van der Waals surface area contributed by atoms with Crippen LogP contribution < -0.4 is 5.73 Å². The zero-order valence-electron chi connectivity index (χ0n) is 12.3. The van der Waals surface area contributed by atoms with Gasteiger partial charge in [-0.1, -0.05) is 19.8 Å². The van der Waals surface area contributed by atoms with E-state index in [2.05, 4.69) is 11.9 Å². The van der Waals surface area contributed by atoms with Gasteiger partial charge in [0.25, 0.3) is 5.91 Å². The van der Waals surface area contributed by atoms with Gasteiger partial charge in [-0.15, -0.1) is 11.3 Å². The third kappa shape index (κ3) is 2.62. The predicted molar refractivity (Wildman–Crippen MR) is 87.6 cm³/mol. The maximum atomic E-state index is 12.9. The highest BCUT2D eigenvalue weighted by Crippen LogP contribution is 2.34. The van der Waals surface area contributed by atoms with Gasteiger partial charge in [-0.25, -0.2) is 4.98 Å². The molecule has 2 aromatic heterocycles. The topological polar surface area (TPSA) is 59.2 Å². The fraction of sp³-hybridized carbons (Fsp3) is 0.500. The van der Waals surface area contributed by atoms with Gasteiger partial charge in [-0.2, -0.15) is 0 Å². The Hall–Kier alpha value is -1.62. The molecule has 1 unspecified atom stereocenters. The fourth-order valence-corrected chi connectivity index (χ4v) is 4.13. The lowest BCUT2D eigenvalue weighted by molar-refractivity contribution is 0.0684. The molecule has 21 heavy (non-hydrogen) atoms. The van der Waals surface area contributed by atoms with E-state index in [1.54, 1.807) is 6.20 Å². The van der Waals surface area contributed by atoms with Crippen molar-refractivity contribution in [2.45, 2.75) is 45.1 Å². The number of carbonyl (C=O) groups excluding carboxylic acids is 1. The van der Waals surface area contributed by atoms with Gasteiger partial charge in [-0.05, 0) is 31.4 Å². The molecule has 0 radical (unpaired) electrons. The number of aromatic nitrogens is 1. The Kier molecular flexibility index (Phi) is 4.10. The molecule has 1 saturated heterocycles. The Labute approximate surface area is 129 Å². The highest BCUT2D eigenvalue weighted by molar-refractivity contribution is 7.21. The van der Waals surface area contributed by atoms with E-state index in [0.717, 1.165) is 36.0 Å². The molecule has 1 fully saturated rings. The molecule has 1 amide bonds. The van der Waals surface area contributed by atoms with Crippen molar-refractivity contribution >= 4 is 33.1 Å². The average molecular weight is 303 g/mol. The predicted octanol–water partition coefficient (Wildman–Crippen LogP) is 3.67. The average Bonchev–Trinajstić information content (AvgIpc) is 2.71. The minimum Gasteiger partial charge on any atom is -0.397 e. The summed E-state index contributed by atoms with van der Waals surface area (Å²) in [6.45, 7) is 3.00. The van der Waals surface area contributed by atoms with E-state index in [4.69, 9.17) is 5.73 Å². The minimum atomic E-state index is 0.0873. The number of likely N-dealkylation sites (tertiary alicyclic amines) is 1. The number of nitrogen functional groups attached to an aromatic ring is 1. The summed E-state index contributed by atoms with van der Waals surface area (Å²) in [4.78, 5) is 20.8. The number of nitrogens with zero attached hydrogens (tertiary/aromatic N) is 2.